The minimum atomic E-state index is -0.304. The second-order valence-corrected chi connectivity index (χ2v) is 4.59. The van der Waals surface area contributed by atoms with Crippen molar-refractivity contribution in [1.82, 2.24) is 0 Å². The number of ether oxygens (including phenoxy) is 2. The van der Waals surface area contributed by atoms with E-state index in [0.717, 1.165) is 36.3 Å². The Morgan fingerprint density at radius 3 is 1.94 bits per heavy atom. The minimum Gasteiger partial charge on any atom is -0.497 e. The molecule has 0 aliphatic heterocycles. The molecule has 2 rings (SSSR count). The van der Waals surface area contributed by atoms with E-state index in [4.69, 9.17) is 9.47 Å². The average Bonchev–Trinajstić information content (AvgIpc) is 2.26. The maximum Gasteiger partial charge on any atom is 0.140 e. The van der Waals surface area contributed by atoms with E-state index in [1.165, 1.54) is 0 Å². The van der Waals surface area contributed by atoms with Crippen LogP contribution in [0.3, 0.4) is 0 Å². The third kappa shape index (κ3) is 1.90. The van der Waals surface area contributed by atoms with Gasteiger partial charge in [-0.2, -0.15) is 0 Å². The van der Waals surface area contributed by atoms with Crippen LogP contribution in [0, 0.1) is 0 Å². The third-order valence-electron chi connectivity index (χ3n) is 3.79. The van der Waals surface area contributed by atoms with E-state index in [1.54, 1.807) is 21.1 Å². The van der Waals surface area contributed by atoms with Gasteiger partial charge >= 0.3 is 0 Å². The van der Waals surface area contributed by atoms with Crippen LogP contribution < -0.4 is 9.47 Å². The lowest BCUT2D eigenvalue weighted by atomic mass is 9.62. The molecule has 1 aromatic rings. The molecule has 0 aromatic heterocycles. The molecule has 0 spiro atoms. The standard InChI is InChI=1S/C14H18O3/c1-10(15)14(5-4-6-14)11-7-12(16-2)9-13(8-11)17-3/h7-9H,4-6H2,1-3H3. The maximum atomic E-state index is 11.9. The number of carbonyl (C=O) groups is 1. The van der Waals surface area contributed by atoms with Crippen molar-refractivity contribution < 1.29 is 14.3 Å². The zero-order chi connectivity index (χ0) is 12.5. The van der Waals surface area contributed by atoms with E-state index < -0.39 is 0 Å². The molecule has 0 bridgehead atoms. The zero-order valence-corrected chi connectivity index (χ0v) is 10.6. The summed E-state index contributed by atoms with van der Waals surface area (Å²) in [7, 11) is 3.25. The molecule has 3 nitrogen and oxygen atoms in total. The summed E-state index contributed by atoms with van der Waals surface area (Å²) in [6.07, 6.45) is 2.97. The summed E-state index contributed by atoms with van der Waals surface area (Å²) in [6.45, 7) is 1.67. The molecule has 0 N–H and O–H groups in total. The van der Waals surface area contributed by atoms with E-state index in [9.17, 15) is 4.79 Å². The molecule has 1 aromatic carbocycles. The van der Waals surface area contributed by atoms with Gasteiger partial charge in [-0.25, -0.2) is 0 Å². The summed E-state index contributed by atoms with van der Waals surface area (Å²) in [5.74, 6) is 1.72. The van der Waals surface area contributed by atoms with Gasteiger partial charge in [0.05, 0.1) is 19.6 Å². The highest BCUT2D eigenvalue weighted by Crippen LogP contribution is 2.46. The van der Waals surface area contributed by atoms with Crippen molar-refractivity contribution >= 4 is 5.78 Å². The number of rotatable bonds is 4. The van der Waals surface area contributed by atoms with Crippen LogP contribution in [0.25, 0.3) is 0 Å². The quantitative estimate of drug-likeness (QED) is 0.803. The maximum absolute atomic E-state index is 11.9. The summed E-state index contributed by atoms with van der Waals surface area (Å²) >= 11 is 0. The van der Waals surface area contributed by atoms with Crippen LogP contribution in [0.4, 0.5) is 0 Å². The number of methoxy groups -OCH3 is 2. The first-order chi connectivity index (χ1) is 8.12. The van der Waals surface area contributed by atoms with Gasteiger partial charge in [0.1, 0.15) is 17.3 Å². The summed E-state index contributed by atoms with van der Waals surface area (Å²) in [4.78, 5) is 11.9. The van der Waals surface area contributed by atoms with Crippen LogP contribution in [-0.2, 0) is 10.2 Å². The number of hydrogen-bond donors (Lipinski definition) is 0. The predicted molar refractivity (Wildman–Crippen MR) is 65.8 cm³/mol. The monoisotopic (exact) mass is 234 g/mol. The van der Waals surface area contributed by atoms with Crippen molar-refractivity contribution in [2.24, 2.45) is 0 Å². The van der Waals surface area contributed by atoms with Gasteiger partial charge in [-0.05, 0) is 37.5 Å². The molecule has 3 heteroatoms. The van der Waals surface area contributed by atoms with Crippen LogP contribution in [0.2, 0.25) is 0 Å². The fraction of sp³-hybridized carbons (Fsp3) is 0.500. The first-order valence-corrected chi connectivity index (χ1v) is 5.87. The molecule has 1 saturated carbocycles. The van der Waals surface area contributed by atoms with Crippen molar-refractivity contribution in [3.63, 3.8) is 0 Å². The minimum absolute atomic E-state index is 0.235. The van der Waals surface area contributed by atoms with Crippen LogP contribution >= 0.6 is 0 Å². The van der Waals surface area contributed by atoms with Gasteiger partial charge < -0.3 is 9.47 Å². The van der Waals surface area contributed by atoms with Crippen molar-refractivity contribution in [2.75, 3.05) is 14.2 Å². The Morgan fingerprint density at radius 2 is 1.65 bits per heavy atom. The van der Waals surface area contributed by atoms with E-state index >= 15 is 0 Å². The van der Waals surface area contributed by atoms with Crippen LogP contribution in [0.1, 0.15) is 31.7 Å². The van der Waals surface area contributed by atoms with Crippen molar-refractivity contribution in [3.05, 3.63) is 23.8 Å². The molecule has 0 amide bonds. The van der Waals surface area contributed by atoms with Crippen LogP contribution in [0.15, 0.2) is 18.2 Å². The topological polar surface area (TPSA) is 35.5 Å². The Balaban J connectivity index is 2.46. The molecule has 17 heavy (non-hydrogen) atoms. The second-order valence-electron chi connectivity index (χ2n) is 4.59. The highest BCUT2D eigenvalue weighted by molar-refractivity contribution is 5.89. The second kappa shape index (κ2) is 4.40. The fourth-order valence-corrected chi connectivity index (χ4v) is 2.46. The van der Waals surface area contributed by atoms with E-state index in [-0.39, 0.29) is 11.2 Å². The number of benzene rings is 1. The van der Waals surface area contributed by atoms with Gasteiger partial charge in [-0.1, -0.05) is 6.42 Å². The van der Waals surface area contributed by atoms with Crippen molar-refractivity contribution in [3.8, 4) is 11.5 Å². The summed E-state index contributed by atoms with van der Waals surface area (Å²) in [6, 6.07) is 5.72. The molecule has 0 heterocycles. The van der Waals surface area contributed by atoms with Crippen molar-refractivity contribution in [2.45, 2.75) is 31.6 Å². The van der Waals surface area contributed by atoms with Gasteiger partial charge in [-0.15, -0.1) is 0 Å². The first kappa shape index (κ1) is 12.0. The fourth-order valence-electron chi connectivity index (χ4n) is 2.46. The average molecular weight is 234 g/mol. The highest BCUT2D eigenvalue weighted by atomic mass is 16.5. The lowest BCUT2D eigenvalue weighted by molar-refractivity contribution is -0.125. The Morgan fingerprint density at radius 1 is 1.12 bits per heavy atom. The molecule has 0 unspecified atom stereocenters. The first-order valence-electron chi connectivity index (χ1n) is 5.87. The highest BCUT2D eigenvalue weighted by Gasteiger charge is 2.43. The molecule has 0 radical (unpaired) electrons. The van der Waals surface area contributed by atoms with Gasteiger partial charge in [0.25, 0.3) is 0 Å². The summed E-state index contributed by atoms with van der Waals surface area (Å²) < 4.78 is 10.5. The van der Waals surface area contributed by atoms with E-state index in [0.29, 0.717) is 0 Å². The molecule has 1 fully saturated rings. The Kier molecular flexibility index (Phi) is 3.09. The molecular formula is C14H18O3. The molecule has 0 atom stereocenters. The van der Waals surface area contributed by atoms with Gasteiger partial charge in [0.2, 0.25) is 0 Å². The Hall–Kier alpha value is -1.51. The lowest BCUT2D eigenvalue weighted by Gasteiger charge is -2.40. The largest absolute Gasteiger partial charge is 0.497 e. The normalized spacial score (nSPS) is 17.1. The molecule has 1 aliphatic carbocycles. The van der Waals surface area contributed by atoms with E-state index in [2.05, 4.69) is 0 Å². The number of carbonyl (C=O) groups excluding carboxylic acids is 1. The predicted octanol–water partition coefficient (Wildman–Crippen LogP) is 2.71. The lowest BCUT2D eigenvalue weighted by Crippen LogP contribution is -2.41. The van der Waals surface area contributed by atoms with Crippen LogP contribution in [-0.4, -0.2) is 20.0 Å². The molecular weight excluding hydrogens is 216 g/mol. The van der Waals surface area contributed by atoms with Crippen molar-refractivity contribution in [1.29, 1.82) is 0 Å². The van der Waals surface area contributed by atoms with Gasteiger partial charge in [0, 0.05) is 6.07 Å². The third-order valence-corrected chi connectivity index (χ3v) is 3.79. The zero-order valence-electron chi connectivity index (χ0n) is 10.6. The molecule has 0 saturated heterocycles. The Bertz CT molecular complexity index is 411. The summed E-state index contributed by atoms with van der Waals surface area (Å²) in [5, 5.41) is 0. The van der Waals surface area contributed by atoms with E-state index in [1.807, 2.05) is 18.2 Å². The summed E-state index contributed by atoms with van der Waals surface area (Å²) in [5.41, 5.74) is 0.717. The van der Waals surface area contributed by atoms with Crippen LogP contribution in [0.5, 0.6) is 11.5 Å². The molecule has 92 valence electrons. The smallest absolute Gasteiger partial charge is 0.140 e. The number of ketones is 1. The number of Topliss-reactive ketones (excluding diaryl/α,β-unsaturated/α-hetero) is 1. The SMILES string of the molecule is COc1cc(OC)cc(C2(C(C)=O)CCC2)c1. The molecule has 1 aliphatic rings. The Labute approximate surface area is 102 Å². The van der Waals surface area contributed by atoms with Gasteiger partial charge in [0.15, 0.2) is 0 Å². The van der Waals surface area contributed by atoms with Gasteiger partial charge in [-0.3, -0.25) is 4.79 Å². The number of hydrogen-bond acceptors (Lipinski definition) is 3.